The molecule has 0 aliphatic heterocycles. The largest absolute Gasteiger partial charge is 0.344 e. The summed E-state index contributed by atoms with van der Waals surface area (Å²) in [4.78, 5) is 36.0. The van der Waals surface area contributed by atoms with Crippen LogP contribution < -0.4 is 10.6 Å². The molecule has 26 heavy (non-hydrogen) atoms. The first-order valence-electron chi connectivity index (χ1n) is 9.56. The number of benzene rings is 1. The topological polar surface area (TPSA) is 75.3 Å². The molecule has 5 nitrogen and oxygen atoms in total. The van der Waals surface area contributed by atoms with Gasteiger partial charge in [-0.05, 0) is 24.3 Å². The van der Waals surface area contributed by atoms with Crippen LogP contribution in [-0.4, -0.2) is 30.2 Å². The second-order valence-corrected chi connectivity index (χ2v) is 7.04. The van der Waals surface area contributed by atoms with Gasteiger partial charge in [-0.3, -0.25) is 9.59 Å². The number of hydrogen-bond donors (Lipinski definition) is 2. The minimum atomic E-state index is -0.633. The van der Waals surface area contributed by atoms with Crippen molar-refractivity contribution in [3.8, 4) is 0 Å². The van der Waals surface area contributed by atoms with Crippen molar-refractivity contribution >= 4 is 18.1 Å². The highest BCUT2D eigenvalue weighted by atomic mass is 16.2. The van der Waals surface area contributed by atoms with Crippen molar-refractivity contribution in [1.82, 2.24) is 10.6 Å². The standard InChI is InChI=1S/C21H32N2O3/c1-4-5-6-10-13-19(25)23-20(16(2)3)21(26)22-18(15-24)14-17-11-8-7-9-12-17/h7-9,11-12,15-16,18,20H,4-6,10,13-14H2,1-3H3,(H,22,26)(H,23,25). The van der Waals surface area contributed by atoms with E-state index in [-0.39, 0.29) is 17.7 Å². The van der Waals surface area contributed by atoms with E-state index in [1.54, 1.807) is 0 Å². The summed E-state index contributed by atoms with van der Waals surface area (Å²) < 4.78 is 0. The van der Waals surface area contributed by atoms with Crippen molar-refractivity contribution in [3.05, 3.63) is 35.9 Å². The minimum absolute atomic E-state index is 0.0568. The maximum atomic E-state index is 12.6. The Balaban J connectivity index is 2.57. The van der Waals surface area contributed by atoms with Gasteiger partial charge < -0.3 is 15.4 Å². The average molecular weight is 360 g/mol. The number of nitrogens with one attached hydrogen (secondary N) is 2. The zero-order valence-electron chi connectivity index (χ0n) is 16.2. The number of carbonyl (C=O) groups excluding carboxylic acids is 3. The van der Waals surface area contributed by atoms with Crippen LogP contribution in [0.5, 0.6) is 0 Å². The maximum absolute atomic E-state index is 12.6. The number of aldehydes is 1. The summed E-state index contributed by atoms with van der Waals surface area (Å²) in [5.74, 6) is -0.478. The van der Waals surface area contributed by atoms with E-state index in [1.165, 1.54) is 0 Å². The molecule has 0 saturated heterocycles. The summed E-state index contributed by atoms with van der Waals surface area (Å²) in [6.07, 6.45) is 5.69. The predicted octanol–water partition coefficient (Wildman–Crippen LogP) is 3.02. The Labute approximate surface area is 156 Å². The number of rotatable bonds is 12. The molecule has 0 saturated carbocycles. The highest BCUT2D eigenvalue weighted by Crippen LogP contribution is 2.07. The lowest BCUT2D eigenvalue weighted by Crippen LogP contribution is -2.52. The maximum Gasteiger partial charge on any atom is 0.243 e. The van der Waals surface area contributed by atoms with E-state index in [2.05, 4.69) is 17.6 Å². The molecule has 0 fully saturated rings. The third-order valence-electron chi connectivity index (χ3n) is 4.31. The molecule has 0 aliphatic rings. The van der Waals surface area contributed by atoms with Crippen molar-refractivity contribution in [2.24, 2.45) is 5.92 Å². The van der Waals surface area contributed by atoms with Gasteiger partial charge in [-0.15, -0.1) is 0 Å². The third kappa shape index (κ3) is 8.28. The minimum Gasteiger partial charge on any atom is -0.344 e. The monoisotopic (exact) mass is 360 g/mol. The lowest BCUT2D eigenvalue weighted by Gasteiger charge is -2.23. The fourth-order valence-corrected chi connectivity index (χ4v) is 2.77. The first kappa shape index (κ1) is 21.9. The molecule has 0 bridgehead atoms. The average Bonchev–Trinajstić information content (AvgIpc) is 2.63. The molecule has 5 heteroatoms. The van der Waals surface area contributed by atoms with Crippen LogP contribution in [0.25, 0.3) is 0 Å². The second kappa shape index (κ2) is 12.2. The van der Waals surface area contributed by atoms with Crippen LogP contribution in [0, 0.1) is 5.92 Å². The number of carbonyl (C=O) groups is 3. The molecule has 1 aromatic carbocycles. The van der Waals surface area contributed by atoms with Gasteiger partial charge in [0.15, 0.2) is 0 Å². The highest BCUT2D eigenvalue weighted by Gasteiger charge is 2.25. The van der Waals surface area contributed by atoms with E-state index in [4.69, 9.17) is 0 Å². The van der Waals surface area contributed by atoms with Crippen molar-refractivity contribution < 1.29 is 14.4 Å². The molecule has 0 aromatic heterocycles. The Morgan fingerprint density at radius 1 is 1.04 bits per heavy atom. The summed E-state index contributed by atoms with van der Waals surface area (Å²) in [7, 11) is 0. The Bertz CT molecular complexity index is 558. The normalized spacial score (nSPS) is 13.1. The molecule has 2 amide bonds. The van der Waals surface area contributed by atoms with Crippen molar-refractivity contribution in [2.75, 3.05) is 0 Å². The zero-order chi connectivity index (χ0) is 19.4. The molecule has 2 unspecified atom stereocenters. The van der Waals surface area contributed by atoms with Crippen LogP contribution in [0.3, 0.4) is 0 Å². The van der Waals surface area contributed by atoms with E-state index in [0.29, 0.717) is 12.8 Å². The van der Waals surface area contributed by atoms with Crippen molar-refractivity contribution in [3.63, 3.8) is 0 Å². The van der Waals surface area contributed by atoms with Gasteiger partial charge in [-0.2, -0.15) is 0 Å². The Morgan fingerprint density at radius 2 is 1.73 bits per heavy atom. The van der Waals surface area contributed by atoms with Crippen LogP contribution in [0.15, 0.2) is 30.3 Å². The quantitative estimate of drug-likeness (QED) is 0.444. The Kier molecular flexibility index (Phi) is 10.3. The molecule has 0 aliphatic carbocycles. The Morgan fingerprint density at radius 3 is 2.31 bits per heavy atom. The van der Waals surface area contributed by atoms with E-state index in [0.717, 1.165) is 37.5 Å². The first-order chi connectivity index (χ1) is 12.5. The fourth-order valence-electron chi connectivity index (χ4n) is 2.77. The molecule has 0 spiro atoms. The third-order valence-corrected chi connectivity index (χ3v) is 4.31. The first-order valence-corrected chi connectivity index (χ1v) is 9.56. The summed E-state index contributed by atoms with van der Waals surface area (Å²) in [5, 5.41) is 5.58. The predicted molar refractivity (Wildman–Crippen MR) is 104 cm³/mol. The smallest absolute Gasteiger partial charge is 0.243 e. The lowest BCUT2D eigenvalue weighted by atomic mass is 10.0. The lowest BCUT2D eigenvalue weighted by molar-refractivity contribution is -0.131. The van der Waals surface area contributed by atoms with Gasteiger partial charge >= 0.3 is 0 Å². The second-order valence-electron chi connectivity index (χ2n) is 7.04. The summed E-state index contributed by atoms with van der Waals surface area (Å²) in [6.45, 7) is 5.89. The summed E-state index contributed by atoms with van der Waals surface area (Å²) in [6, 6.07) is 8.30. The van der Waals surface area contributed by atoms with E-state index in [1.807, 2.05) is 44.2 Å². The van der Waals surface area contributed by atoms with Crippen LogP contribution >= 0.6 is 0 Å². The molecular formula is C21H32N2O3. The molecule has 144 valence electrons. The zero-order valence-corrected chi connectivity index (χ0v) is 16.2. The highest BCUT2D eigenvalue weighted by molar-refractivity contribution is 5.89. The van der Waals surface area contributed by atoms with E-state index >= 15 is 0 Å². The number of amides is 2. The molecule has 0 heterocycles. The SMILES string of the molecule is CCCCCCC(=O)NC(C(=O)NC(C=O)Cc1ccccc1)C(C)C. The van der Waals surface area contributed by atoms with Crippen molar-refractivity contribution in [1.29, 1.82) is 0 Å². The van der Waals surface area contributed by atoms with Crippen LogP contribution in [0.1, 0.15) is 58.4 Å². The van der Waals surface area contributed by atoms with Gasteiger partial charge in [0.2, 0.25) is 11.8 Å². The molecule has 1 rings (SSSR count). The van der Waals surface area contributed by atoms with Crippen LogP contribution in [0.4, 0.5) is 0 Å². The molecule has 2 N–H and O–H groups in total. The molecule has 1 aromatic rings. The van der Waals surface area contributed by atoms with Gasteiger partial charge in [0.05, 0.1) is 6.04 Å². The number of hydrogen-bond acceptors (Lipinski definition) is 3. The van der Waals surface area contributed by atoms with Gasteiger partial charge in [0.1, 0.15) is 12.3 Å². The van der Waals surface area contributed by atoms with Gasteiger partial charge in [-0.25, -0.2) is 0 Å². The summed E-state index contributed by atoms with van der Waals surface area (Å²) >= 11 is 0. The molecule has 0 radical (unpaired) electrons. The van der Waals surface area contributed by atoms with E-state index < -0.39 is 12.1 Å². The van der Waals surface area contributed by atoms with E-state index in [9.17, 15) is 14.4 Å². The van der Waals surface area contributed by atoms with Gasteiger partial charge in [-0.1, -0.05) is 70.4 Å². The Hall–Kier alpha value is -2.17. The van der Waals surface area contributed by atoms with Crippen LogP contribution in [-0.2, 0) is 20.8 Å². The summed E-state index contributed by atoms with van der Waals surface area (Å²) in [5.41, 5.74) is 0.978. The molecule has 2 atom stereocenters. The van der Waals surface area contributed by atoms with Crippen molar-refractivity contribution in [2.45, 2.75) is 71.4 Å². The molecular weight excluding hydrogens is 328 g/mol. The van der Waals surface area contributed by atoms with Crippen LogP contribution in [0.2, 0.25) is 0 Å². The fraction of sp³-hybridized carbons (Fsp3) is 0.571. The van der Waals surface area contributed by atoms with Gasteiger partial charge in [0.25, 0.3) is 0 Å². The van der Waals surface area contributed by atoms with Gasteiger partial charge in [0, 0.05) is 6.42 Å². The number of unbranched alkanes of at least 4 members (excludes halogenated alkanes) is 3.